The van der Waals surface area contributed by atoms with E-state index < -0.39 is 5.60 Å². The van der Waals surface area contributed by atoms with Gasteiger partial charge in [0.25, 0.3) is 0 Å². The van der Waals surface area contributed by atoms with Crippen molar-refractivity contribution in [1.82, 2.24) is 25.0 Å². The number of anilines is 1. The molecule has 3 aromatic rings. The number of pyridine rings is 2. The van der Waals surface area contributed by atoms with Gasteiger partial charge >= 0.3 is 0 Å². The third-order valence-corrected chi connectivity index (χ3v) is 6.84. The summed E-state index contributed by atoms with van der Waals surface area (Å²) in [6, 6.07) is 10.4. The van der Waals surface area contributed by atoms with Gasteiger partial charge in [0.05, 0.1) is 23.2 Å². The fourth-order valence-corrected chi connectivity index (χ4v) is 5.06. The summed E-state index contributed by atoms with van der Waals surface area (Å²) in [6.07, 6.45) is 10.6. The van der Waals surface area contributed by atoms with Gasteiger partial charge < -0.3 is 26.5 Å². The number of rotatable bonds is 8. The minimum atomic E-state index is -0.829. The van der Waals surface area contributed by atoms with E-state index in [2.05, 4.69) is 20.9 Å². The number of fused-ring (bicyclic) bond motifs is 1. The molecule has 0 bridgehead atoms. The van der Waals surface area contributed by atoms with Crippen molar-refractivity contribution in [1.29, 1.82) is 5.41 Å². The van der Waals surface area contributed by atoms with E-state index in [0.717, 1.165) is 47.1 Å². The number of nitrogens with one attached hydrogen (secondary N) is 4. The van der Waals surface area contributed by atoms with Crippen molar-refractivity contribution < 1.29 is 5.11 Å². The van der Waals surface area contributed by atoms with Crippen LogP contribution in [0.3, 0.4) is 0 Å². The molecule has 8 heteroatoms. The fraction of sp³-hybridized carbons (Fsp3) is 0.423. The van der Waals surface area contributed by atoms with Gasteiger partial charge in [0, 0.05) is 48.9 Å². The van der Waals surface area contributed by atoms with Crippen LogP contribution in [0.2, 0.25) is 0 Å². The second-order valence-electron chi connectivity index (χ2n) is 10.3. The van der Waals surface area contributed by atoms with Crippen LogP contribution in [0.15, 0.2) is 48.9 Å². The lowest BCUT2D eigenvalue weighted by Gasteiger charge is -2.45. The third kappa shape index (κ3) is 4.69. The molecule has 2 aliphatic rings. The number of imidazole rings is 1. The first-order valence-electron chi connectivity index (χ1n) is 11.9. The quantitative estimate of drug-likeness (QED) is 0.331. The van der Waals surface area contributed by atoms with E-state index in [0.29, 0.717) is 18.0 Å². The smallest absolute Gasteiger partial charge is 0.137 e. The standard InChI is InChI=1S/C26H33N7O/c1-25(2,34)16-29-13-19(12-27)18-6-7-24-30-14-22(33(24)15-18)21-4-3-5-23(32-21)31-20-10-26(11-20)8-9-28-17-26/h3-7,12-15,20,27-29,34H,8-11,16-17H2,1-2H3,(H,31,32)/b19-13+,27-12?. The lowest BCUT2D eigenvalue weighted by atomic mass is 9.65. The third-order valence-electron chi connectivity index (χ3n) is 6.84. The largest absolute Gasteiger partial charge is 0.389 e. The molecule has 34 heavy (non-hydrogen) atoms. The summed E-state index contributed by atoms with van der Waals surface area (Å²) in [5.74, 6) is 0.894. The molecule has 5 rings (SSSR count). The maximum atomic E-state index is 9.92. The van der Waals surface area contributed by atoms with Crippen molar-refractivity contribution in [2.75, 3.05) is 25.0 Å². The molecule has 1 spiro atoms. The molecule has 1 aliphatic heterocycles. The molecule has 0 unspecified atom stereocenters. The Balaban J connectivity index is 1.36. The highest BCUT2D eigenvalue weighted by Crippen LogP contribution is 2.46. The molecule has 3 aromatic heterocycles. The Bertz CT molecular complexity index is 1210. The SMILES string of the molecule is CC(C)(O)CN/C=C(\C=N)c1ccc2ncc(-c3cccc(NC4CC5(CCNC5)C4)n3)n2c1. The Labute approximate surface area is 200 Å². The maximum Gasteiger partial charge on any atom is 0.137 e. The van der Waals surface area contributed by atoms with Gasteiger partial charge in [-0.2, -0.15) is 0 Å². The number of nitrogens with zero attached hydrogens (tertiary/aromatic N) is 3. The summed E-state index contributed by atoms with van der Waals surface area (Å²) in [5.41, 5.74) is 3.84. The zero-order chi connectivity index (χ0) is 23.8. The number of aliphatic hydroxyl groups is 1. The molecule has 4 heterocycles. The Morgan fingerprint density at radius 1 is 1.32 bits per heavy atom. The first-order chi connectivity index (χ1) is 16.3. The summed E-state index contributed by atoms with van der Waals surface area (Å²) in [4.78, 5) is 9.44. The molecule has 1 saturated carbocycles. The predicted molar refractivity (Wildman–Crippen MR) is 136 cm³/mol. The Kier molecular flexibility index (Phi) is 5.87. The van der Waals surface area contributed by atoms with E-state index in [1.54, 1.807) is 20.0 Å². The average Bonchev–Trinajstić information content (AvgIpc) is 3.43. The summed E-state index contributed by atoms with van der Waals surface area (Å²) < 4.78 is 2.01. The molecular weight excluding hydrogens is 426 g/mol. The topological polar surface area (TPSA) is 110 Å². The van der Waals surface area contributed by atoms with Crippen LogP contribution in [0, 0.1) is 10.8 Å². The van der Waals surface area contributed by atoms with Crippen molar-refractivity contribution in [3.8, 4) is 11.4 Å². The second-order valence-corrected chi connectivity index (χ2v) is 10.3. The van der Waals surface area contributed by atoms with Gasteiger partial charge in [0.15, 0.2) is 0 Å². The van der Waals surface area contributed by atoms with Gasteiger partial charge in [-0.1, -0.05) is 6.07 Å². The van der Waals surface area contributed by atoms with E-state index >= 15 is 0 Å². The van der Waals surface area contributed by atoms with Crippen LogP contribution in [0.25, 0.3) is 22.6 Å². The first-order valence-corrected chi connectivity index (χ1v) is 11.9. The van der Waals surface area contributed by atoms with Crippen LogP contribution in [-0.2, 0) is 0 Å². The van der Waals surface area contributed by atoms with E-state index in [4.69, 9.17) is 10.4 Å². The normalized spacial score (nSPS) is 22.7. The maximum absolute atomic E-state index is 9.92. The van der Waals surface area contributed by atoms with Crippen LogP contribution >= 0.6 is 0 Å². The van der Waals surface area contributed by atoms with E-state index in [1.165, 1.54) is 25.5 Å². The molecule has 0 amide bonds. The summed E-state index contributed by atoms with van der Waals surface area (Å²) in [6.45, 7) is 6.16. The van der Waals surface area contributed by atoms with Crippen LogP contribution in [0.4, 0.5) is 5.82 Å². The monoisotopic (exact) mass is 459 g/mol. The molecule has 0 atom stereocenters. The highest BCUT2D eigenvalue weighted by molar-refractivity contribution is 6.08. The van der Waals surface area contributed by atoms with Gasteiger partial charge in [-0.3, -0.25) is 4.40 Å². The molecule has 2 fully saturated rings. The van der Waals surface area contributed by atoms with Crippen molar-refractivity contribution in [2.45, 2.75) is 44.8 Å². The number of hydrogen-bond acceptors (Lipinski definition) is 7. The number of aromatic nitrogens is 3. The van der Waals surface area contributed by atoms with E-state index in [-0.39, 0.29) is 0 Å². The zero-order valence-electron chi connectivity index (χ0n) is 19.8. The highest BCUT2D eigenvalue weighted by atomic mass is 16.3. The zero-order valence-corrected chi connectivity index (χ0v) is 19.8. The molecule has 178 valence electrons. The van der Waals surface area contributed by atoms with Crippen molar-refractivity contribution in [3.05, 3.63) is 54.5 Å². The first kappa shape index (κ1) is 22.6. The van der Waals surface area contributed by atoms with Crippen LogP contribution in [-0.4, -0.2) is 57.0 Å². The Morgan fingerprint density at radius 3 is 2.91 bits per heavy atom. The minimum absolute atomic E-state index is 0.394. The molecule has 5 N–H and O–H groups in total. The molecule has 0 radical (unpaired) electrons. The number of allylic oxidation sites excluding steroid dienone is 1. The predicted octanol–water partition coefficient (Wildman–Crippen LogP) is 3.30. The van der Waals surface area contributed by atoms with E-state index in [1.807, 2.05) is 47.1 Å². The average molecular weight is 460 g/mol. The lowest BCUT2D eigenvalue weighted by molar-refractivity contribution is 0.0836. The molecule has 8 nitrogen and oxygen atoms in total. The lowest BCUT2D eigenvalue weighted by Crippen LogP contribution is -2.46. The molecular formula is C26H33N7O. The van der Waals surface area contributed by atoms with Crippen LogP contribution in [0.5, 0.6) is 0 Å². The van der Waals surface area contributed by atoms with Crippen molar-refractivity contribution in [2.24, 2.45) is 5.41 Å². The fourth-order valence-electron chi connectivity index (χ4n) is 5.06. The van der Waals surface area contributed by atoms with Crippen molar-refractivity contribution in [3.63, 3.8) is 0 Å². The van der Waals surface area contributed by atoms with E-state index in [9.17, 15) is 5.11 Å². The van der Waals surface area contributed by atoms with Gasteiger partial charge in [0.2, 0.25) is 0 Å². The molecule has 0 aromatic carbocycles. The Morgan fingerprint density at radius 2 is 2.18 bits per heavy atom. The second kappa shape index (κ2) is 8.85. The Hall–Kier alpha value is -3.23. The summed E-state index contributed by atoms with van der Waals surface area (Å²) >= 11 is 0. The van der Waals surface area contributed by atoms with Gasteiger partial charge in [-0.25, -0.2) is 9.97 Å². The van der Waals surface area contributed by atoms with Crippen LogP contribution in [0.1, 0.15) is 38.7 Å². The van der Waals surface area contributed by atoms with Gasteiger partial charge in [-0.15, -0.1) is 0 Å². The van der Waals surface area contributed by atoms with Gasteiger partial charge in [-0.05, 0) is 69.3 Å². The number of hydrogen-bond donors (Lipinski definition) is 5. The summed E-state index contributed by atoms with van der Waals surface area (Å²) in [7, 11) is 0. The summed E-state index contributed by atoms with van der Waals surface area (Å²) in [5, 5.41) is 28.0. The van der Waals surface area contributed by atoms with Crippen molar-refractivity contribution >= 4 is 23.3 Å². The molecule has 1 saturated heterocycles. The van der Waals surface area contributed by atoms with Crippen LogP contribution < -0.4 is 16.0 Å². The molecule has 1 aliphatic carbocycles. The highest BCUT2D eigenvalue weighted by Gasteiger charge is 2.45. The minimum Gasteiger partial charge on any atom is -0.389 e. The van der Waals surface area contributed by atoms with Gasteiger partial charge in [0.1, 0.15) is 11.5 Å².